The second-order valence-electron chi connectivity index (χ2n) is 6.29. The molecule has 1 aromatic carbocycles. The summed E-state index contributed by atoms with van der Waals surface area (Å²) in [7, 11) is -3.55. The van der Waals surface area contributed by atoms with Gasteiger partial charge in [0.2, 0.25) is 10.0 Å². The molecule has 2 fully saturated rings. The zero-order valence-electron chi connectivity index (χ0n) is 13.0. The van der Waals surface area contributed by atoms with Gasteiger partial charge in [0.05, 0.1) is 42.0 Å². The third kappa shape index (κ3) is 3.39. The molecule has 0 atom stereocenters. The Labute approximate surface area is 136 Å². The first kappa shape index (κ1) is 16.4. The first-order valence-corrected chi connectivity index (χ1v) is 9.51. The van der Waals surface area contributed by atoms with E-state index < -0.39 is 14.9 Å². The van der Waals surface area contributed by atoms with Crippen LogP contribution in [0.5, 0.6) is 0 Å². The maximum Gasteiger partial charge on any atom is 0.269 e. The van der Waals surface area contributed by atoms with Crippen molar-refractivity contribution in [2.24, 2.45) is 0 Å². The minimum atomic E-state index is -3.55. The smallest absolute Gasteiger partial charge is 0.269 e. The molecule has 1 heterocycles. The largest absolute Gasteiger partial charge is 0.330 e. The van der Waals surface area contributed by atoms with Crippen molar-refractivity contribution in [1.29, 1.82) is 0 Å². The molecule has 0 bridgehead atoms. The summed E-state index contributed by atoms with van der Waals surface area (Å²) in [5.41, 5.74) is -0.0977. The van der Waals surface area contributed by atoms with E-state index in [1.54, 1.807) is 0 Å². The molecule has 23 heavy (non-hydrogen) atoms. The number of non-ortho nitro benzene ring substituents is 1. The average Bonchev–Trinajstić information content (AvgIpc) is 3.09. The number of benzene rings is 1. The Morgan fingerprint density at radius 1 is 1.09 bits per heavy atom. The number of hydrogen-bond donors (Lipinski definition) is 1. The van der Waals surface area contributed by atoms with E-state index >= 15 is 0 Å². The summed E-state index contributed by atoms with van der Waals surface area (Å²) < 4.78 is 26.8. The molecule has 0 amide bonds. The number of nitrogens with one attached hydrogen (secondary N) is 1. The van der Waals surface area contributed by atoms with Crippen LogP contribution in [0, 0.1) is 10.1 Å². The molecule has 1 N–H and O–H groups in total. The van der Waals surface area contributed by atoms with Gasteiger partial charge in [0.25, 0.3) is 5.69 Å². The second-order valence-corrected chi connectivity index (χ2v) is 8.23. The molecule has 1 aliphatic carbocycles. The fourth-order valence-electron chi connectivity index (χ4n) is 3.64. The van der Waals surface area contributed by atoms with Crippen molar-refractivity contribution in [3.63, 3.8) is 0 Å². The van der Waals surface area contributed by atoms with E-state index in [-0.39, 0.29) is 10.6 Å². The lowest BCUT2D eigenvalue weighted by atomic mass is 10.2. The van der Waals surface area contributed by atoms with E-state index in [0.29, 0.717) is 19.1 Å². The molecule has 126 valence electrons. The molecular formula is C15H22N3O4S+. The van der Waals surface area contributed by atoms with E-state index in [4.69, 9.17) is 0 Å². The lowest BCUT2D eigenvalue weighted by Crippen LogP contribution is -3.18. The summed E-state index contributed by atoms with van der Waals surface area (Å²) in [6.07, 6.45) is 5.09. The highest BCUT2D eigenvalue weighted by molar-refractivity contribution is 7.89. The van der Waals surface area contributed by atoms with Crippen LogP contribution in [-0.2, 0) is 10.0 Å². The number of sulfonamides is 1. The zero-order valence-corrected chi connectivity index (χ0v) is 13.8. The Bertz CT molecular complexity index is 660. The summed E-state index contributed by atoms with van der Waals surface area (Å²) >= 11 is 0. The van der Waals surface area contributed by atoms with Crippen LogP contribution < -0.4 is 4.90 Å². The quantitative estimate of drug-likeness (QED) is 0.636. The monoisotopic (exact) mass is 340 g/mol. The van der Waals surface area contributed by atoms with Crippen molar-refractivity contribution in [2.75, 3.05) is 26.2 Å². The first-order valence-electron chi connectivity index (χ1n) is 8.07. The third-order valence-electron chi connectivity index (χ3n) is 4.98. The molecule has 0 radical (unpaired) electrons. The van der Waals surface area contributed by atoms with Crippen LogP contribution in [-0.4, -0.2) is 49.9 Å². The molecule has 1 saturated heterocycles. The molecule has 3 rings (SSSR count). The van der Waals surface area contributed by atoms with Gasteiger partial charge in [-0.2, -0.15) is 4.31 Å². The van der Waals surface area contributed by atoms with Crippen molar-refractivity contribution in [1.82, 2.24) is 4.31 Å². The lowest BCUT2D eigenvalue weighted by Gasteiger charge is -2.34. The normalized spacial score (nSPS) is 21.6. The molecule has 1 saturated carbocycles. The predicted octanol–water partition coefficient (Wildman–Crippen LogP) is 0.427. The number of rotatable bonds is 4. The fraction of sp³-hybridized carbons (Fsp3) is 0.600. The molecule has 2 aliphatic rings. The zero-order chi connectivity index (χ0) is 16.4. The van der Waals surface area contributed by atoms with Gasteiger partial charge in [0.1, 0.15) is 0 Å². The number of piperazine rings is 1. The second kappa shape index (κ2) is 6.54. The predicted molar refractivity (Wildman–Crippen MR) is 84.8 cm³/mol. The van der Waals surface area contributed by atoms with Gasteiger partial charge < -0.3 is 4.90 Å². The van der Waals surface area contributed by atoms with Gasteiger partial charge in [-0.3, -0.25) is 10.1 Å². The number of quaternary nitrogens is 1. The lowest BCUT2D eigenvalue weighted by molar-refractivity contribution is -0.928. The van der Waals surface area contributed by atoms with Crippen molar-refractivity contribution in [3.8, 4) is 0 Å². The Morgan fingerprint density at radius 3 is 2.17 bits per heavy atom. The molecule has 0 spiro atoms. The fourth-order valence-corrected chi connectivity index (χ4v) is 5.09. The summed E-state index contributed by atoms with van der Waals surface area (Å²) in [6, 6.07) is 5.83. The minimum Gasteiger partial charge on any atom is -0.330 e. The molecule has 7 nitrogen and oxygen atoms in total. The third-order valence-corrected chi connectivity index (χ3v) is 6.90. The SMILES string of the molecule is O=[N+]([O-])c1ccc(S(=O)(=O)N2CC[NH+](C3CCCC3)CC2)cc1. The van der Waals surface area contributed by atoms with Crippen LogP contribution >= 0.6 is 0 Å². The summed E-state index contributed by atoms with van der Waals surface area (Å²) in [6.45, 7) is 2.73. The number of nitro groups is 1. The van der Waals surface area contributed by atoms with E-state index in [0.717, 1.165) is 13.1 Å². The highest BCUT2D eigenvalue weighted by Gasteiger charge is 2.34. The van der Waals surface area contributed by atoms with Crippen LogP contribution in [0.2, 0.25) is 0 Å². The Kier molecular flexibility index (Phi) is 4.65. The molecule has 0 aromatic heterocycles. The van der Waals surface area contributed by atoms with Gasteiger partial charge in [-0.05, 0) is 37.8 Å². The highest BCUT2D eigenvalue weighted by atomic mass is 32.2. The number of hydrogen-bond acceptors (Lipinski definition) is 4. The van der Waals surface area contributed by atoms with E-state index in [9.17, 15) is 18.5 Å². The Balaban J connectivity index is 1.67. The Hall–Kier alpha value is -1.51. The van der Waals surface area contributed by atoms with Gasteiger partial charge in [0, 0.05) is 12.1 Å². The van der Waals surface area contributed by atoms with E-state index in [1.807, 2.05) is 0 Å². The van der Waals surface area contributed by atoms with Crippen LogP contribution in [0.3, 0.4) is 0 Å². The van der Waals surface area contributed by atoms with Gasteiger partial charge in [-0.25, -0.2) is 8.42 Å². The van der Waals surface area contributed by atoms with Gasteiger partial charge in [0.15, 0.2) is 0 Å². The summed E-state index contributed by atoms with van der Waals surface area (Å²) in [5.74, 6) is 0. The van der Waals surface area contributed by atoms with Gasteiger partial charge >= 0.3 is 0 Å². The standard InChI is InChI=1S/C15H21N3O4S/c19-18(20)14-5-7-15(8-6-14)23(21,22)17-11-9-16(10-12-17)13-3-1-2-4-13/h5-8,13H,1-4,9-12H2/p+1. The van der Waals surface area contributed by atoms with Crippen LogP contribution in [0.15, 0.2) is 29.2 Å². The average molecular weight is 340 g/mol. The molecule has 1 aliphatic heterocycles. The maximum absolute atomic E-state index is 12.6. The van der Waals surface area contributed by atoms with Crippen LogP contribution in [0.25, 0.3) is 0 Å². The highest BCUT2D eigenvalue weighted by Crippen LogP contribution is 2.20. The molecule has 1 aromatic rings. The van der Waals surface area contributed by atoms with Gasteiger partial charge in [-0.15, -0.1) is 0 Å². The molecular weight excluding hydrogens is 318 g/mol. The van der Waals surface area contributed by atoms with Crippen molar-refractivity contribution >= 4 is 15.7 Å². The van der Waals surface area contributed by atoms with Gasteiger partial charge in [-0.1, -0.05) is 0 Å². The van der Waals surface area contributed by atoms with Crippen molar-refractivity contribution in [2.45, 2.75) is 36.6 Å². The minimum absolute atomic E-state index is 0.0977. The van der Waals surface area contributed by atoms with Crippen LogP contribution in [0.1, 0.15) is 25.7 Å². The summed E-state index contributed by atoms with van der Waals surface area (Å²) in [5, 5.41) is 10.7. The summed E-state index contributed by atoms with van der Waals surface area (Å²) in [4.78, 5) is 11.8. The van der Waals surface area contributed by atoms with Crippen LogP contribution in [0.4, 0.5) is 5.69 Å². The first-order chi connectivity index (χ1) is 11.0. The van der Waals surface area contributed by atoms with Crippen molar-refractivity contribution < 1.29 is 18.2 Å². The van der Waals surface area contributed by atoms with E-state index in [2.05, 4.69) is 0 Å². The molecule has 8 heteroatoms. The Morgan fingerprint density at radius 2 is 1.65 bits per heavy atom. The number of nitro benzene ring substituents is 1. The molecule has 0 unspecified atom stereocenters. The number of nitrogens with zero attached hydrogens (tertiary/aromatic N) is 2. The van der Waals surface area contributed by atoms with E-state index in [1.165, 1.54) is 59.2 Å². The van der Waals surface area contributed by atoms with Crippen molar-refractivity contribution in [3.05, 3.63) is 34.4 Å². The maximum atomic E-state index is 12.6. The topological polar surface area (TPSA) is 85.0 Å².